The van der Waals surface area contributed by atoms with Gasteiger partial charge in [0.1, 0.15) is 22.6 Å². The van der Waals surface area contributed by atoms with Crippen molar-refractivity contribution >= 4 is 55.5 Å². The van der Waals surface area contributed by atoms with E-state index >= 15 is 0 Å². The van der Waals surface area contributed by atoms with Gasteiger partial charge >= 0.3 is 0 Å². The number of aromatic amines is 2. The van der Waals surface area contributed by atoms with Crippen molar-refractivity contribution in [1.82, 2.24) is 24.4 Å². The highest BCUT2D eigenvalue weighted by Crippen LogP contribution is 2.35. The molecule has 0 spiro atoms. The Kier molecular flexibility index (Phi) is 4.14. The highest BCUT2D eigenvalue weighted by molar-refractivity contribution is 6.36. The molecule has 8 heteroatoms. The van der Waals surface area contributed by atoms with E-state index in [1.165, 1.54) is 0 Å². The van der Waals surface area contributed by atoms with Crippen LogP contribution in [-0.4, -0.2) is 24.4 Å². The molecule has 2 aromatic carbocycles. The van der Waals surface area contributed by atoms with E-state index in [4.69, 9.17) is 11.6 Å². The summed E-state index contributed by atoms with van der Waals surface area (Å²) < 4.78 is 6.52. The number of fused-ring (bicyclic) bond motifs is 6. The molecule has 4 aromatic heterocycles. The van der Waals surface area contributed by atoms with Crippen LogP contribution in [0.4, 0.5) is 0 Å². The third-order valence-corrected chi connectivity index (χ3v) is 6.71. The molecular formula is C25H23ClN7+. The molecule has 0 radical (unpaired) electrons. The lowest BCUT2D eigenvalue weighted by molar-refractivity contribution is -0.653. The number of hydrogen-bond donors (Lipinski definition) is 2. The predicted molar refractivity (Wildman–Crippen MR) is 131 cm³/mol. The van der Waals surface area contributed by atoms with E-state index < -0.39 is 0 Å². The maximum absolute atomic E-state index is 9.56. The van der Waals surface area contributed by atoms with Gasteiger partial charge in [-0.2, -0.15) is 15.5 Å². The van der Waals surface area contributed by atoms with Crippen LogP contribution in [-0.2, 0) is 0 Å². The van der Waals surface area contributed by atoms with Crippen molar-refractivity contribution in [2.24, 2.45) is 0 Å². The lowest BCUT2D eigenvalue weighted by atomic mass is 10.2. The van der Waals surface area contributed by atoms with E-state index in [-0.39, 0.29) is 12.1 Å². The number of halogens is 1. The monoisotopic (exact) mass is 456 g/mol. The van der Waals surface area contributed by atoms with E-state index in [2.05, 4.69) is 93.3 Å². The van der Waals surface area contributed by atoms with Gasteiger partial charge in [0.15, 0.2) is 5.69 Å². The molecule has 0 unspecified atom stereocenters. The quantitative estimate of drug-likeness (QED) is 0.324. The van der Waals surface area contributed by atoms with Crippen LogP contribution < -0.4 is 4.68 Å². The van der Waals surface area contributed by atoms with Gasteiger partial charge in [-0.15, -0.1) is 0 Å². The zero-order valence-electron chi connectivity index (χ0n) is 18.8. The van der Waals surface area contributed by atoms with Crippen molar-refractivity contribution in [3.8, 4) is 11.8 Å². The standard InChI is InChI=1S/C25H22ClN7/c1-13(2)32-20-10-15(8-9-16(20)23-25(32)19(11-27)28-29-23)31-12-21-22(30-31)17-6-5-7-18(26)24(17)33(21)14(3)4/h5-10,12-14H,1-4H3,(H,28,29)/p+1. The molecule has 0 saturated heterocycles. The van der Waals surface area contributed by atoms with Crippen LogP contribution in [0, 0.1) is 11.3 Å². The minimum absolute atomic E-state index is 0.175. The van der Waals surface area contributed by atoms with Crippen LogP contribution in [0.5, 0.6) is 0 Å². The Morgan fingerprint density at radius 3 is 2.45 bits per heavy atom. The summed E-state index contributed by atoms with van der Waals surface area (Å²) in [5.41, 5.74) is 7.47. The predicted octanol–water partition coefficient (Wildman–Crippen LogP) is 5.92. The van der Waals surface area contributed by atoms with E-state index in [0.717, 1.165) is 54.6 Å². The Bertz CT molecular complexity index is 1750. The fourth-order valence-corrected chi connectivity index (χ4v) is 5.37. The molecule has 164 valence electrons. The molecule has 0 amide bonds. The van der Waals surface area contributed by atoms with Gasteiger partial charge in [0.25, 0.3) is 0 Å². The number of H-pyrrole nitrogens is 2. The average molecular weight is 457 g/mol. The highest BCUT2D eigenvalue weighted by Gasteiger charge is 2.24. The summed E-state index contributed by atoms with van der Waals surface area (Å²) in [4.78, 5) is 0. The summed E-state index contributed by atoms with van der Waals surface area (Å²) in [5, 5.41) is 23.3. The Balaban J connectivity index is 1.63. The summed E-state index contributed by atoms with van der Waals surface area (Å²) in [6, 6.07) is 15.0. The molecular weight excluding hydrogens is 434 g/mol. The normalized spacial score (nSPS) is 12.3. The fourth-order valence-electron chi connectivity index (χ4n) is 5.11. The lowest BCUT2D eigenvalue weighted by Gasteiger charge is -2.11. The largest absolute Gasteiger partial charge is 0.334 e. The summed E-state index contributed by atoms with van der Waals surface area (Å²) >= 11 is 6.58. The first-order chi connectivity index (χ1) is 15.9. The molecule has 4 heterocycles. The number of nitrogens with zero attached hydrogens (tertiary/aromatic N) is 5. The molecule has 6 rings (SSSR count). The molecule has 33 heavy (non-hydrogen) atoms. The number of aromatic nitrogens is 6. The Hall–Kier alpha value is -3.76. The van der Waals surface area contributed by atoms with E-state index in [9.17, 15) is 5.26 Å². The highest BCUT2D eigenvalue weighted by atomic mass is 35.5. The van der Waals surface area contributed by atoms with Gasteiger partial charge in [-0.3, -0.25) is 5.10 Å². The van der Waals surface area contributed by atoms with Crippen LogP contribution in [0.15, 0.2) is 42.6 Å². The third-order valence-electron chi connectivity index (χ3n) is 6.40. The van der Waals surface area contributed by atoms with Gasteiger partial charge in [0.05, 0.1) is 21.6 Å². The molecule has 0 aliphatic heterocycles. The average Bonchev–Trinajstić information content (AvgIpc) is 3.51. The van der Waals surface area contributed by atoms with Gasteiger partial charge in [0.2, 0.25) is 11.9 Å². The minimum atomic E-state index is 0.175. The maximum atomic E-state index is 9.56. The van der Waals surface area contributed by atoms with Gasteiger partial charge in [-0.1, -0.05) is 28.4 Å². The maximum Gasteiger partial charge on any atom is 0.237 e. The zero-order chi connectivity index (χ0) is 23.0. The summed E-state index contributed by atoms with van der Waals surface area (Å²) in [6.07, 6.45) is 2.13. The number of nitrogens with one attached hydrogen (secondary N) is 2. The Morgan fingerprint density at radius 1 is 0.970 bits per heavy atom. The second kappa shape index (κ2) is 6.87. The summed E-state index contributed by atoms with van der Waals surface area (Å²) in [5.74, 6) is 0. The molecule has 0 aliphatic rings. The number of rotatable bonds is 3. The lowest BCUT2D eigenvalue weighted by Crippen LogP contribution is -2.31. The Morgan fingerprint density at radius 2 is 1.73 bits per heavy atom. The molecule has 0 bridgehead atoms. The second-order valence-corrected chi connectivity index (χ2v) is 9.45. The van der Waals surface area contributed by atoms with Gasteiger partial charge in [-0.05, 0) is 39.8 Å². The molecule has 0 saturated carbocycles. The number of hydrogen-bond acceptors (Lipinski definition) is 2. The number of nitriles is 1. The first kappa shape index (κ1) is 19.9. The molecule has 6 aromatic rings. The summed E-state index contributed by atoms with van der Waals surface area (Å²) in [7, 11) is 0. The van der Waals surface area contributed by atoms with Gasteiger partial charge < -0.3 is 9.13 Å². The third kappa shape index (κ3) is 2.61. The first-order valence-corrected chi connectivity index (χ1v) is 11.4. The summed E-state index contributed by atoms with van der Waals surface area (Å²) in [6.45, 7) is 8.59. The molecule has 0 fully saturated rings. The van der Waals surface area contributed by atoms with Crippen molar-refractivity contribution in [2.75, 3.05) is 0 Å². The SMILES string of the molecule is CC(C)n1c2c[n+](-c3ccc4c5[nH]nc(C#N)c5n(C(C)C)c4c3)[nH]c2c2cccc(Cl)c21. The van der Waals surface area contributed by atoms with Crippen molar-refractivity contribution < 1.29 is 4.68 Å². The molecule has 2 N–H and O–H groups in total. The fraction of sp³-hybridized carbons (Fsp3) is 0.240. The van der Waals surface area contributed by atoms with E-state index in [0.29, 0.717) is 5.69 Å². The van der Waals surface area contributed by atoms with Crippen LogP contribution >= 0.6 is 11.6 Å². The van der Waals surface area contributed by atoms with Crippen molar-refractivity contribution in [1.29, 1.82) is 5.26 Å². The smallest absolute Gasteiger partial charge is 0.237 e. The van der Waals surface area contributed by atoms with Crippen LogP contribution in [0.1, 0.15) is 45.5 Å². The molecule has 0 aliphatic carbocycles. The van der Waals surface area contributed by atoms with Crippen molar-refractivity contribution in [2.45, 2.75) is 39.8 Å². The molecule has 0 atom stereocenters. The second-order valence-electron chi connectivity index (χ2n) is 9.04. The van der Waals surface area contributed by atoms with Crippen molar-refractivity contribution in [3.63, 3.8) is 0 Å². The molecule has 7 nitrogen and oxygen atoms in total. The van der Waals surface area contributed by atoms with Crippen molar-refractivity contribution in [3.05, 3.63) is 53.3 Å². The number of benzene rings is 2. The minimum Gasteiger partial charge on any atom is -0.334 e. The van der Waals surface area contributed by atoms with Gasteiger partial charge in [0, 0.05) is 35.0 Å². The topological polar surface area (TPSA) is 82.0 Å². The zero-order valence-corrected chi connectivity index (χ0v) is 19.6. The van der Waals surface area contributed by atoms with Crippen LogP contribution in [0.25, 0.3) is 49.6 Å². The van der Waals surface area contributed by atoms with Crippen LogP contribution in [0.3, 0.4) is 0 Å². The Labute approximate surface area is 194 Å². The number of para-hydroxylation sites is 1. The van der Waals surface area contributed by atoms with E-state index in [1.54, 1.807) is 0 Å². The van der Waals surface area contributed by atoms with Gasteiger partial charge in [-0.25, -0.2) is 0 Å². The first-order valence-electron chi connectivity index (χ1n) is 11.1. The van der Waals surface area contributed by atoms with Crippen LogP contribution in [0.2, 0.25) is 5.02 Å². The van der Waals surface area contributed by atoms with E-state index in [1.807, 2.05) is 12.1 Å².